The third-order valence-electron chi connectivity index (χ3n) is 3.60. The molecule has 7 heteroatoms. The number of hydrogen-bond acceptors (Lipinski definition) is 3. The van der Waals surface area contributed by atoms with Gasteiger partial charge in [0.05, 0.1) is 15.9 Å². The molecular weight excluding hydrogens is 334 g/mol. The topological polar surface area (TPSA) is 78.0 Å². The predicted molar refractivity (Wildman–Crippen MR) is 91.8 cm³/mol. The molecule has 0 unspecified atom stereocenters. The molecule has 0 saturated carbocycles. The largest absolute Gasteiger partial charge is 0.324 e. The van der Waals surface area contributed by atoms with Crippen LogP contribution < -0.4 is 5.14 Å². The first-order valence-corrected chi connectivity index (χ1v) is 9.11. The average molecular weight is 350 g/mol. The molecule has 120 valence electrons. The van der Waals surface area contributed by atoms with E-state index in [2.05, 4.69) is 16.5 Å². The molecule has 3 rings (SSSR count). The number of rotatable bonds is 4. The molecule has 0 atom stereocenters. The number of imidazole rings is 1. The molecule has 0 amide bonds. The summed E-state index contributed by atoms with van der Waals surface area (Å²) in [5.41, 5.74) is 2.41. The molecule has 23 heavy (non-hydrogen) atoms. The second-order valence-electron chi connectivity index (χ2n) is 5.29. The van der Waals surface area contributed by atoms with E-state index in [-0.39, 0.29) is 4.90 Å². The first kappa shape index (κ1) is 16.0. The molecule has 0 saturated heterocycles. The summed E-state index contributed by atoms with van der Waals surface area (Å²) in [4.78, 5) is 4.67. The lowest BCUT2D eigenvalue weighted by Crippen LogP contribution is -2.11. The first-order chi connectivity index (χ1) is 10.9. The van der Waals surface area contributed by atoms with Crippen LogP contribution >= 0.6 is 11.6 Å². The summed E-state index contributed by atoms with van der Waals surface area (Å²) >= 11 is 5.94. The lowest BCUT2D eigenvalue weighted by Gasteiger charge is -2.08. The number of hydrogen-bond donors (Lipinski definition) is 1. The van der Waals surface area contributed by atoms with Gasteiger partial charge in [-0.25, -0.2) is 18.5 Å². The van der Waals surface area contributed by atoms with E-state index in [4.69, 9.17) is 16.7 Å². The summed E-state index contributed by atoms with van der Waals surface area (Å²) in [6, 6.07) is 12.2. The second-order valence-corrected chi connectivity index (χ2v) is 7.29. The van der Waals surface area contributed by atoms with E-state index in [0.29, 0.717) is 10.5 Å². The zero-order valence-corrected chi connectivity index (χ0v) is 14.1. The van der Waals surface area contributed by atoms with Crippen molar-refractivity contribution in [3.8, 4) is 11.4 Å². The fourth-order valence-corrected chi connectivity index (χ4v) is 3.22. The predicted octanol–water partition coefficient (Wildman–Crippen LogP) is 3.41. The van der Waals surface area contributed by atoms with Crippen molar-refractivity contribution in [2.75, 3.05) is 0 Å². The van der Waals surface area contributed by atoms with Gasteiger partial charge in [0.1, 0.15) is 5.82 Å². The van der Waals surface area contributed by atoms with Crippen molar-refractivity contribution in [3.63, 3.8) is 0 Å². The molecule has 2 aromatic carbocycles. The van der Waals surface area contributed by atoms with Crippen LogP contribution in [0.15, 0.2) is 47.4 Å². The van der Waals surface area contributed by atoms with E-state index in [0.717, 1.165) is 29.9 Å². The van der Waals surface area contributed by atoms with Gasteiger partial charge in [-0.05, 0) is 48.9 Å². The van der Waals surface area contributed by atoms with Crippen LogP contribution in [0.1, 0.15) is 13.3 Å². The zero-order valence-electron chi connectivity index (χ0n) is 12.5. The van der Waals surface area contributed by atoms with E-state index in [1.54, 1.807) is 6.07 Å². The number of primary sulfonamides is 1. The number of sulfonamides is 1. The van der Waals surface area contributed by atoms with Gasteiger partial charge >= 0.3 is 0 Å². The van der Waals surface area contributed by atoms with Crippen LogP contribution in [-0.4, -0.2) is 18.0 Å². The molecule has 0 aliphatic carbocycles. The Labute approximate surface area is 139 Å². The number of nitrogens with zero attached hydrogens (tertiary/aromatic N) is 2. The Morgan fingerprint density at radius 3 is 2.48 bits per heavy atom. The lowest BCUT2D eigenvalue weighted by molar-refractivity contribution is 0.598. The average Bonchev–Trinajstić information content (AvgIpc) is 2.86. The van der Waals surface area contributed by atoms with Crippen molar-refractivity contribution >= 4 is 32.7 Å². The number of nitrogens with two attached hydrogens (primary N) is 1. The van der Waals surface area contributed by atoms with Gasteiger partial charge in [-0.2, -0.15) is 0 Å². The SMILES string of the molecule is CCCn1c(-c2ccc(Cl)cc2)nc2cc(S(N)(=O)=O)ccc21. The first-order valence-electron chi connectivity index (χ1n) is 7.19. The van der Waals surface area contributed by atoms with Gasteiger partial charge in [0.15, 0.2) is 0 Å². The van der Waals surface area contributed by atoms with Gasteiger partial charge in [-0.15, -0.1) is 0 Å². The maximum atomic E-state index is 11.5. The molecular formula is C16H16ClN3O2S. The van der Waals surface area contributed by atoms with E-state index >= 15 is 0 Å². The summed E-state index contributed by atoms with van der Waals surface area (Å²) in [5, 5.41) is 5.86. The van der Waals surface area contributed by atoms with E-state index < -0.39 is 10.0 Å². The molecule has 0 fully saturated rings. The maximum Gasteiger partial charge on any atom is 0.238 e. The van der Waals surface area contributed by atoms with Crippen molar-refractivity contribution in [1.82, 2.24) is 9.55 Å². The van der Waals surface area contributed by atoms with Crippen molar-refractivity contribution in [2.45, 2.75) is 24.8 Å². The Kier molecular flexibility index (Phi) is 4.14. The Morgan fingerprint density at radius 2 is 1.87 bits per heavy atom. The molecule has 5 nitrogen and oxygen atoms in total. The van der Waals surface area contributed by atoms with Crippen molar-refractivity contribution in [2.24, 2.45) is 5.14 Å². The number of benzene rings is 2. The molecule has 2 N–H and O–H groups in total. The van der Waals surface area contributed by atoms with Crippen molar-refractivity contribution < 1.29 is 8.42 Å². The Morgan fingerprint density at radius 1 is 1.17 bits per heavy atom. The molecule has 0 spiro atoms. The maximum absolute atomic E-state index is 11.5. The van der Waals surface area contributed by atoms with Gasteiger partial charge in [-0.3, -0.25) is 0 Å². The Hall–Kier alpha value is -1.89. The highest BCUT2D eigenvalue weighted by Crippen LogP contribution is 2.27. The highest BCUT2D eigenvalue weighted by Gasteiger charge is 2.15. The van der Waals surface area contributed by atoms with Crippen LogP contribution in [0.25, 0.3) is 22.4 Å². The minimum atomic E-state index is -3.75. The van der Waals surface area contributed by atoms with Crippen LogP contribution in [0.5, 0.6) is 0 Å². The van der Waals surface area contributed by atoms with Gasteiger partial charge in [-0.1, -0.05) is 18.5 Å². The summed E-state index contributed by atoms with van der Waals surface area (Å²) in [7, 11) is -3.75. The zero-order chi connectivity index (χ0) is 16.6. The van der Waals surface area contributed by atoms with Gasteiger partial charge in [0.2, 0.25) is 10.0 Å². The number of aryl methyl sites for hydroxylation is 1. The lowest BCUT2D eigenvalue weighted by atomic mass is 10.2. The molecule has 0 radical (unpaired) electrons. The third-order valence-corrected chi connectivity index (χ3v) is 4.76. The highest BCUT2D eigenvalue weighted by molar-refractivity contribution is 7.89. The number of halogens is 1. The minimum Gasteiger partial charge on any atom is -0.324 e. The Balaban J connectivity index is 2.24. The normalized spacial score (nSPS) is 12.0. The molecule has 0 aliphatic rings. The van der Waals surface area contributed by atoms with Gasteiger partial charge in [0, 0.05) is 17.1 Å². The van der Waals surface area contributed by atoms with E-state index in [9.17, 15) is 8.42 Å². The summed E-state index contributed by atoms with van der Waals surface area (Å²) in [6.07, 6.45) is 0.934. The van der Waals surface area contributed by atoms with Gasteiger partial charge < -0.3 is 4.57 Å². The van der Waals surface area contributed by atoms with Crippen LogP contribution in [0, 0.1) is 0 Å². The van der Waals surface area contributed by atoms with Crippen LogP contribution in [-0.2, 0) is 16.6 Å². The molecule has 3 aromatic rings. The minimum absolute atomic E-state index is 0.0637. The third kappa shape index (κ3) is 3.10. The number of fused-ring (bicyclic) bond motifs is 1. The summed E-state index contributed by atoms with van der Waals surface area (Å²) in [6.45, 7) is 2.86. The fourth-order valence-electron chi connectivity index (χ4n) is 2.56. The van der Waals surface area contributed by atoms with Crippen LogP contribution in [0.4, 0.5) is 0 Å². The standard InChI is InChI=1S/C16H16ClN3O2S/c1-2-9-20-15-8-7-13(23(18,21)22)10-14(15)19-16(20)11-3-5-12(17)6-4-11/h3-8,10H,2,9H2,1H3,(H2,18,21,22). The van der Waals surface area contributed by atoms with Crippen LogP contribution in [0.2, 0.25) is 5.02 Å². The second kappa shape index (κ2) is 5.96. The van der Waals surface area contributed by atoms with E-state index in [1.807, 2.05) is 24.3 Å². The molecule has 1 aromatic heterocycles. The summed E-state index contributed by atoms with van der Waals surface area (Å²) in [5.74, 6) is 0.782. The quantitative estimate of drug-likeness (QED) is 0.783. The Bertz CT molecular complexity index is 963. The highest BCUT2D eigenvalue weighted by atomic mass is 35.5. The molecule has 0 aliphatic heterocycles. The summed E-state index contributed by atoms with van der Waals surface area (Å²) < 4.78 is 25.1. The van der Waals surface area contributed by atoms with Crippen LogP contribution in [0.3, 0.4) is 0 Å². The number of aromatic nitrogens is 2. The smallest absolute Gasteiger partial charge is 0.238 e. The van der Waals surface area contributed by atoms with Crippen molar-refractivity contribution in [1.29, 1.82) is 0 Å². The molecule has 0 bridgehead atoms. The van der Waals surface area contributed by atoms with E-state index in [1.165, 1.54) is 12.1 Å². The van der Waals surface area contributed by atoms with Gasteiger partial charge in [0.25, 0.3) is 0 Å². The monoisotopic (exact) mass is 349 g/mol. The molecule has 1 heterocycles. The van der Waals surface area contributed by atoms with Crippen molar-refractivity contribution in [3.05, 3.63) is 47.5 Å². The fraction of sp³-hybridized carbons (Fsp3) is 0.188.